The van der Waals surface area contributed by atoms with E-state index in [1.165, 1.54) is 71.3 Å². The van der Waals surface area contributed by atoms with Crippen LogP contribution in [0.4, 0.5) is 0 Å². The van der Waals surface area contributed by atoms with E-state index in [1.807, 2.05) is 6.07 Å². The minimum atomic E-state index is 0. The van der Waals surface area contributed by atoms with Crippen molar-refractivity contribution in [1.29, 1.82) is 0 Å². The Morgan fingerprint density at radius 2 is 1.29 bits per heavy atom. The molecule has 0 spiro atoms. The maximum absolute atomic E-state index is 5.22. The van der Waals surface area contributed by atoms with Crippen LogP contribution < -0.4 is 29.6 Å². The van der Waals surface area contributed by atoms with Gasteiger partial charge in [-0.25, -0.2) is 11.6 Å². The molecule has 38 heavy (non-hydrogen) atoms. The molecule has 192 valence electrons. The SMILES string of the molecule is CC1=C(C)C[C-]=C1.COc1ccc2c(c1)[cH-]c1ccccc12.[Cl-].[Cl-].[Zr+2]=[C](c1ccccc1)c1ccccc1. The second kappa shape index (κ2) is 15.7. The van der Waals surface area contributed by atoms with Gasteiger partial charge in [-0.3, -0.25) is 6.08 Å². The summed E-state index contributed by atoms with van der Waals surface area (Å²) in [4.78, 5) is 0. The number of rotatable bonds is 3. The van der Waals surface area contributed by atoms with Gasteiger partial charge in [-0.05, 0) is 6.07 Å². The summed E-state index contributed by atoms with van der Waals surface area (Å²) >= 11 is 1.46. The summed E-state index contributed by atoms with van der Waals surface area (Å²) in [5, 5.41) is 5.15. The first-order chi connectivity index (χ1) is 17.6. The van der Waals surface area contributed by atoms with Crippen LogP contribution in [0.25, 0.3) is 21.5 Å². The monoisotopic (exact) mass is 614 g/mol. The van der Waals surface area contributed by atoms with Crippen LogP contribution in [0.1, 0.15) is 31.4 Å². The van der Waals surface area contributed by atoms with E-state index in [2.05, 4.69) is 129 Å². The van der Waals surface area contributed by atoms with Gasteiger partial charge in [-0.1, -0.05) is 37.3 Å². The van der Waals surface area contributed by atoms with Crippen molar-refractivity contribution in [2.75, 3.05) is 7.11 Å². The number of allylic oxidation sites excluding steroid dienone is 4. The van der Waals surface area contributed by atoms with E-state index in [9.17, 15) is 0 Å². The summed E-state index contributed by atoms with van der Waals surface area (Å²) in [7, 11) is 1.70. The normalized spacial score (nSPS) is 11.5. The van der Waals surface area contributed by atoms with E-state index >= 15 is 0 Å². The molecule has 1 aliphatic rings. The zero-order valence-corrected chi connectivity index (χ0v) is 25.8. The molecular formula is C34H30Cl2OZr-2. The Kier molecular flexibility index (Phi) is 13.0. The van der Waals surface area contributed by atoms with Crippen LogP contribution in [0.3, 0.4) is 0 Å². The van der Waals surface area contributed by atoms with Gasteiger partial charge in [0.2, 0.25) is 0 Å². The minimum absolute atomic E-state index is 0. The van der Waals surface area contributed by atoms with Gasteiger partial charge >= 0.3 is 99.2 Å². The predicted octanol–water partition coefficient (Wildman–Crippen LogP) is 2.62. The molecule has 0 saturated heterocycles. The van der Waals surface area contributed by atoms with Crippen LogP contribution >= 0.6 is 0 Å². The number of halogens is 2. The first-order valence-electron chi connectivity index (χ1n) is 12.1. The molecule has 6 rings (SSSR count). The number of hydrogen-bond acceptors (Lipinski definition) is 1. The Hall–Kier alpha value is -2.64. The van der Waals surface area contributed by atoms with Crippen molar-refractivity contribution in [3.05, 3.63) is 144 Å². The van der Waals surface area contributed by atoms with E-state index in [1.54, 1.807) is 7.11 Å². The first-order valence-corrected chi connectivity index (χ1v) is 13.3. The van der Waals surface area contributed by atoms with E-state index in [0.717, 1.165) is 12.2 Å². The number of benzene rings is 4. The summed E-state index contributed by atoms with van der Waals surface area (Å²) < 4.78 is 6.63. The molecule has 1 nitrogen and oxygen atoms in total. The van der Waals surface area contributed by atoms with Crippen LogP contribution in [0.5, 0.6) is 5.75 Å². The van der Waals surface area contributed by atoms with Crippen molar-refractivity contribution in [3.8, 4) is 5.75 Å². The molecule has 5 aromatic carbocycles. The zero-order chi connectivity index (χ0) is 25.3. The Morgan fingerprint density at radius 3 is 1.79 bits per heavy atom. The van der Waals surface area contributed by atoms with Gasteiger partial charge in [-0.15, -0.1) is 47.0 Å². The van der Waals surface area contributed by atoms with Gasteiger partial charge in [0.15, 0.2) is 0 Å². The number of ether oxygens (including phenoxy) is 1. The van der Waals surface area contributed by atoms with Crippen LogP contribution in [0, 0.1) is 6.08 Å². The molecule has 0 aromatic heterocycles. The van der Waals surface area contributed by atoms with E-state index in [4.69, 9.17) is 4.74 Å². The molecule has 0 heterocycles. The molecule has 0 amide bonds. The molecule has 0 aliphatic heterocycles. The second-order valence-electron chi connectivity index (χ2n) is 8.78. The molecule has 0 unspecified atom stereocenters. The number of fused-ring (bicyclic) bond motifs is 3. The van der Waals surface area contributed by atoms with Gasteiger partial charge in [0.1, 0.15) is 0 Å². The Bertz CT molecular complexity index is 1470. The van der Waals surface area contributed by atoms with Gasteiger partial charge in [0.05, 0.1) is 12.9 Å². The summed E-state index contributed by atoms with van der Waals surface area (Å²) in [5.74, 6) is 0.915. The topological polar surface area (TPSA) is 9.23 Å². The third-order valence-corrected chi connectivity index (χ3v) is 7.72. The zero-order valence-electron chi connectivity index (χ0n) is 21.8. The fraction of sp³-hybridized carbons (Fsp3) is 0.118. The fourth-order valence-electron chi connectivity index (χ4n) is 4.06. The molecule has 0 bridgehead atoms. The average Bonchev–Trinajstić information content (AvgIpc) is 3.51. The third-order valence-electron chi connectivity index (χ3n) is 6.30. The molecule has 0 atom stereocenters. The fourth-order valence-corrected chi connectivity index (χ4v) is 4.88. The van der Waals surface area contributed by atoms with Gasteiger partial charge < -0.3 is 29.6 Å². The van der Waals surface area contributed by atoms with Crippen molar-refractivity contribution >= 4 is 24.8 Å². The van der Waals surface area contributed by atoms with Crippen LogP contribution in [0.2, 0.25) is 0 Å². The standard InChI is InChI=1S/C14H11O.C13H10.C7H9.2ClH.Zr/c1-15-12-6-7-14-11(9-12)8-10-4-2-3-5-13(10)14;1-3-7-12(8-4-1)11-13-9-5-2-6-10-13;1-6-4-3-5-7(6)2;;;/h2-9H,1H3;1-10H;4H,5H2,1-2H3;2*1H;/q-1;;-1;;;+2/p-2. The molecule has 0 saturated carbocycles. The van der Waals surface area contributed by atoms with Crippen molar-refractivity contribution < 1.29 is 53.8 Å². The number of hydrogen-bond donors (Lipinski definition) is 0. The van der Waals surface area contributed by atoms with Crippen molar-refractivity contribution in [1.82, 2.24) is 0 Å². The summed E-state index contributed by atoms with van der Waals surface area (Å²) in [5.41, 5.74) is 5.51. The summed E-state index contributed by atoms with van der Waals surface area (Å²) in [6.45, 7) is 4.27. The first kappa shape index (κ1) is 31.6. The molecule has 4 heteroatoms. The Balaban J connectivity index is 0.000000207. The van der Waals surface area contributed by atoms with Crippen LogP contribution in [0.15, 0.2) is 126 Å². The maximum atomic E-state index is 5.22. The van der Waals surface area contributed by atoms with E-state index < -0.39 is 0 Å². The Morgan fingerprint density at radius 1 is 0.737 bits per heavy atom. The molecule has 0 fully saturated rings. The van der Waals surface area contributed by atoms with Crippen LogP contribution in [-0.4, -0.2) is 10.3 Å². The van der Waals surface area contributed by atoms with Crippen molar-refractivity contribution in [2.45, 2.75) is 20.3 Å². The van der Waals surface area contributed by atoms with Crippen molar-refractivity contribution in [2.24, 2.45) is 0 Å². The van der Waals surface area contributed by atoms with Crippen molar-refractivity contribution in [3.63, 3.8) is 0 Å². The molecule has 0 radical (unpaired) electrons. The molecular weight excluding hydrogens is 587 g/mol. The van der Waals surface area contributed by atoms with E-state index in [0.29, 0.717) is 0 Å². The van der Waals surface area contributed by atoms with Crippen LogP contribution in [-0.2, 0) is 24.2 Å². The van der Waals surface area contributed by atoms with Gasteiger partial charge in [0, 0.05) is 0 Å². The molecule has 0 N–H and O–H groups in total. The summed E-state index contributed by atoms with van der Waals surface area (Å²) in [6, 6.07) is 38.0. The quantitative estimate of drug-likeness (QED) is 0.284. The second-order valence-corrected chi connectivity index (χ2v) is 10.0. The predicted molar refractivity (Wildman–Crippen MR) is 150 cm³/mol. The molecule has 5 aromatic rings. The number of methoxy groups -OCH3 is 1. The molecule has 1 aliphatic carbocycles. The Labute approximate surface area is 253 Å². The van der Waals surface area contributed by atoms with Gasteiger partial charge in [-0.2, -0.15) is 5.57 Å². The van der Waals surface area contributed by atoms with Gasteiger partial charge in [0.25, 0.3) is 0 Å². The average molecular weight is 617 g/mol. The third kappa shape index (κ3) is 8.18. The summed E-state index contributed by atoms with van der Waals surface area (Å²) in [6.07, 6.45) is 6.22. The van der Waals surface area contributed by atoms with E-state index in [-0.39, 0.29) is 24.8 Å².